The molecule has 0 aliphatic heterocycles. The highest BCUT2D eigenvalue weighted by molar-refractivity contribution is 4.72. The molecule has 0 saturated heterocycles. The van der Waals surface area contributed by atoms with Gasteiger partial charge in [-0.05, 0) is 33.4 Å². The van der Waals surface area contributed by atoms with Crippen LogP contribution in [0.25, 0.3) is 0 Å². The zero-order chi connectivity index (χ0) is 11.7. The average Bonchev–Trinajstić information content (AvgIpc) is 2.18. The molecule has 0 rings (SSSR count). The summed E-state index contributed by atoms with van der Waals surface area (Å²) in [5.74, 6) is 0. The summed E-state index contributed by atoms with van der Waals surface area (Å²) in [6.45, 7) is 7.94. The fourth-order valence-corrected chi connectivity index (χ4v) is 2.04. The van der Waals surface area contributed by atoms with E-state index >= 15 is 0 Å². The molecular formula is C13H30N2. The number of likely N-dealkylation sites (N-methyl/N-ethyl adjacent to an activating group) is 1. The molecule has 0 saturated carbocycles. The maximum absolute atomic E-state index is 3.71. The van der Waals surface area contributed by atoms with Crippen molar-refractivity contribution in [3.63, 3.8) is 0 Å². The van der Waals surface area contributed by atoms with Gasteiger partial charge in [0.25, 0.3) is 0 Å². The van der Waals surface area contributed by atoms with Crippen LogP contribution in [0, 0.1) is 0 Å². The molecule has 2 heteroatoms. The van der Waals surface area contributed by atoms with Crippen LogP contribution in [0.3, 0.4) is 0 Å². The van der Waals surface area contributed by atoms with Crippen molar-refractivity contribution in [2.45, 2.75) is 65.0 Å². The monoisotopic (exact) mass is 214 g/mol. The molecule has 1 N–H and O–H groups in total. The van der Waals surface area contributed by atoms with Crippen molar-refractivity contribution in [3.8, 4) is 0 Å². The summed E-state index contributed by atoms with van der Waals surface area (Å²) in [4.78, 5) is 2.32. The van der Waals surface area contributed by atoms with Crippen molar-refractivity contribution >= 4 is 0 Å². The molecule has 2 nitrogen and oxygen atoms in total. The largest absolute Gasteiger partial charge is 0.312 e. The van der Waals surface area contributed by atoms with Crippen LogP contribution >= 0.6 is 0 Å². The van der Waals surface area contributed by atoms with Gasteiger partial charge < -0.3 is 10.2 Å². The molecule has 0 aliphatic rings. The first-order valence-electron chi connectivity index (χ1n) is 6.55. The van der Waals surface area contributed by atoms with E-state index in [4.69, 9.17) is 0 Å². The van der Waals surface area contributed by atoms with Crippen molar-refractivity contribution in [2.24, 2.45) is 0 Å². The minimum absolute atomic E-state index is 0.682. The molecule has 0 heterocycles. The van der Waals surface area contributed by atoms with Gasteiger partial charge >= 0.3 is 0 Å². The van der Waals surface area contributed by atoms with Crippen molar-refractivity contribution < 1.29 is 0 Å². The fraction of sp³-hybridized carbons (Fsp3) is 1.00. The first-order chi connectivity index (χ1) is 7.15. The lowest BCUT2D eigenvalue weighted by atomic mass is 10.1. The van der Waals surface area contributed by atoms with Crippen LogP contribution in [0.4, 0.5) is 0 Å². The second kappa shape index (κ2) is 9.17. The summed E-state index contributed by atoms with van der Waals surface area (Å²) < 4.78 is 0. The normalized spacial score (nSPS) is 13.8. The van der Waals surface area contributed by atoms with Crippen LogP contribution in [0.5, 0.6) is 0 Å². The first kappa shape index (κ1) is 14.9. The van der Waals surface area contributed by atoms with E-state index in [9.17, 15) is 0 Å². The van der Waals surface area contributed by atoms with E-state index < -0.39 is 0 Å². The van der Waals surface area contributed by atoms with Gasteiger partial charge in [0.1, 0.15) is 0 Å². The number of rotatable bonds is 9. The molecule has 0 bridgehead atoms. The molecule has 0 aliphatic carbocycles. The predicted octanol–water partition coefficient (Wildman–Crippen LogP) is 2.89. The van der Waals surface area contributed by atoms with Crippen molar-refractivity contribution in [2.75, 3.05) is 20.6 Å². The summed E-state index contributed by atoms with van der Waals surface area (Å²) in [6, 6.07) is 1.41. The highest BCUT2D eigenvalue weighted by Crippen LogP contribution is 2.06. The summed E-state index contributed by atoms with van der Waals surface area (Å²) in [7, 11) is 4.34. The summed E-state index contributed by atoms with van der Waals surface area (Å²) in [5.41, 5.74) is 0. The predicted molar refractivity (Wildman–Crippen MR) is 69.4 cm³/mol. The van der Waals surface area contributed by atoms with Gasteiger partial charge in [-0.3, -0.25) is 0 Å². The molecular weight excluding hydrogens is 184 g/mol. The SMILES string of the molecule is CCCC(CCC)NCC(CC)N(C)C. The number of nitrogens with one attached hydrogen (secondary N) is 1. The van der Waals surface area contributed by atoms with E-state index in [1.165, 1.54) is 32.1 Å². The fourth-order valence-electron chi connectivity index (χ4n) is 2.04. The Bertz CT molecular complexity index is 128. The zero-order valence-electron chi connectivity index (χ0n) is 11.3. The molecule has 0 amide bonds. The van der Waals surface area contributed by atoms with Gasteiger partial charge in [0.05, 0.1) is 0 Å². The molecule has 15 heavy (non-hydrogen) atoms. The van der Waals surface area contributed by atoms with E-state index in [1.54, 1.807) is 0 Å². The zero-order valence-corrected chi connectivity index (χ0v) is 11.3. The molecule has 0 radical (unpaired) electrons. The van der Waals surface area contributed by atoms with Crippen LogP contribution < -0.4 is 5.32 Å². The standard InChI is InChI=1S/C13H30N2/c1-6-9-12(10-7-2)14-11-13(8-3)15(4)5/h12-14H,6-11H2,1-5H3. The van der Waals surface area contributed by atoms with Crippen molar-refractivity contribution in [1.29, 1.82) is 0 Å². The van der Waals surface area contributed by atoms with E-state index in [0.29, 0.717) is 6.04 Å². The molecule has 0 aromatic carbocycles. The van der Waals surface area contributed by atoms with Gasteiger partial charge in [0.15, 0.2) is 0 Å². The van der Waals surface area contributed by atoms with E-state index in [-0.39, 0.29) is 0 Å². The van der Waals surface area contributed by atoms with E-state index in [1.807, 2.05) is 0 Å². The lowest BCUT2D eigenvalue weighted by molar-refractivity contribution is 0.263. The van der Waals surface area contributed by atoms with E-state index in [0.717, 1.165) is 12.6 Å². The lowest BCUT2D eigenvalue weighted by Gasteiger charge is -2.26. The van der Waals surface area contributed by atoms with Crippen LogP contribution in [-0.2, 0) is 0 Å². The molecule has 92 valence electrons. The Labute approximate surface area is 96.4 Å². The quantitative estimate of drug-likeness (QED) is 0.635. The van der Waals surface area contributed by atoms with Crippen molar-refractivity contribution in [3.05, 3.63) is 0 Å². The van der Waals surface area contributed by atoms with Crippen LogP contribution in [-0.4, -0.2) is 37.6 Å². The highest BCUT2D eigenvalue weighted by atomic mass is 15.1. The lowest BCUT2D eigenvalue weighted by Crippen LogP contribution is -2.41. The Morgan fingerprint density at radius 3 is 1.87 bits per heavy atom. The molecule has 0 fully saturated rings. The Balaban J connectivity index is 3.84. The van der Waals surface area contributed by atoms with Gasteiger partial charge in [0.2, 0.25) is 0 Å². The first-order valence-corrected chi connectivity index (χ1v) is 6.55. The third kappa shape index (κ3) is 6.91. The van der Waals surface area contributed by atoms with E-state index in [2.05, 4.69) is 45.1 Å². The molecule has 1 unspecified atom stereocenters. The van der Waals surface area contributed by atoms with Crippen LogP contribution in [0.1, 0.15) is 52.9 Å². The van der Waals surface area contributed by atoms with Crippen LogP contribution in [0.2, 0.25) is 0 Å². The average molecular weight is 214 g/mol. The Morgan fingerprint density at radius 2 is 1.53 bits per heavy atom. The van der Waals surface area contributed by atoms with Crippen LogP contribution in [0.15, 0.2) is 0 Å². The summed E-state index contributed by atoms with van der Waals surface area (Å²) in [6.07, 6.45) is 6.44. The maximum atomic E-state index is 3.71. The minimum atomic E-state index is 0.682. The Hall–Kier alpha value is -0.0800. The molecule has 0 aromatic rings. The summed E-state index contributed by atoms with van der Waals surface area (Å²) >= 11 is 0. The Kier molecular flexibility index (Phi) is 9.12. The van der Waals surface area contributed by atoms with Gasteiger partial charge in [-0.25, -0.2) is 0 Å². The Morgan fingerprint density at radius 1 is 1.00 bits per heavy atom. The smallest absolute Gasteiger partial charge is 0.0212 e. The highest BCUT2D eigenvalue weighted by Gasteiger charge is 2.11. The minimum Gasteiger partial charge on any atom is -0.312 e. The van der Waals surface area contributed by atoms with Gasteiger partial charge in [0, 0.05) is 18.6 Å². The van der Waals surface area contributed by atoms with Gasteiger partial charge in [-0.2, -0.15) is 0 Å². The third-order valence-electron chi connectivity index (χ3n) is 3.12. The maximum Gasteiger partial charge on any atom is 0.0212 e. The molecule has 0 aromatic heterocycles. The van der Waals surface area contributed by atoms with Gasteiger partial charge in [-0.1, -0.05) is 33.6 Å². The number of nitrogens with zero attached hydrogens (tertiary/aromatic N) is 1. The second-order valence-corrected chi connectivity index (χ2v) is 4.71. The topological polar surface area (TPSA) is 15.3 Å². The molecule has 1 atom stereocenters. The summed E-state index contributed by atoms with van der Waals surface area (Å²) in [5, 5.41) is 3.71. The number of hydrogen-bond acceptors (Lipinski definition) is 2. The van der Waals surface area contributed by atoms with Crippen molar-refractivity contribution in [1.82, 2.24) is 10.2 Å². The van der Waals surface area contributed by atoms with Gasteiger partial charge in [-0.15, -0.1) is 0 Å². The molecule has 0 spiro atoms. The second-order valence-electron chi connectivity index (χ2n) is 4.71. The number of hydrogen-bond donors (Lipinski definition) is 1. The third-order valence-corrected chi connectivity index (χ3v) is 3.12.